The van der Waals surface area contributed by atoms with Crippen LogP contribution in [0.15, 0.2) is 22.7 Å². The predicted molar refractivity (Wildman–Crippen MR) is 74.7 cm³/mol. The van der Waals surface area contributed by atoms with Gasteiger partial charge in [0.1, 0.15) is 5.82 Å². The number of likely N-dealkylation sites (tertiary alicyclic amines) is 1. The number of methoxy groups -OCH3 is 1. The summed E-state index contributed by atoms with van der Waals surface area (Å²) in [6.45, 7) is 0.808. The summed E-state index contributed by atoms with van der Waals surface area (Å²) >= 11 is 3.15. The van der Waals surface area contributed by atoms with Crippen LogP contribution in [-0.4, -0.2) is 37.0 Å². The quantitative estimate of drug-likeness (QED) is 0.775. The van der Waals surface area contributed by atoms with Crippen molar-refractivity contribution >= 4 is 27.8 Å². The van der Waals surface area contributed by atoms with E-state index in [1.807, 2.05) is 0 Å². The van der Waals surface area contributed by atoms with Crippen LogP contribution in [-0.2, 0) is 9.53 Å². The van der Waals surface area contributed by atoms with Crippen molar-refractivity contribution in [3.05, 3.63) is 34.1 Å². The molecule has 0 spiro atoms. The molecule has 0 bridgehead atoms. The van der Waals surface area contributed by atoms with E-state index in [4.69, 9.17) is 4.74 Å². The van der Waals surface area contributed by atoms with Gasteiger partial charge in [-0.3, -0.25) is 9.59 Å². The molecule has 2 rings (SSSR count). The van der Waals surface area contributed by atoms with Gasteiger partial charge in [-0.15, -0.1) is 0 Å². The maximum atomic E-state index is 13.8. The molecule has 1 saturated heterocycles. The molecule has 20 heavy (non-hydrogen) atoms. The van der Waals surface area contributed by atoms with Gasteiger partial charge in [0, 0.05) is 17.6 Å². The number of carbonyl (C=O) groups excluding carboxylic acids is 2. The summed E-state index contributed by atoms with van der Waals surface area (Å²) in [6, 6.07) is 4.33. The van der Waals surface area contributed by atoms with E-state index >= 15 is 0 Å². The third kappa shape index (κ3) is 3.17. The number of rotatable bonds is 2. The Balaban J connectivity index is 2.14. The van der Waals surface area contributed by atoms with E-state index in [0.717, 1.165) is 0 Å². The van der Waals surface area contributed by atoms with Crippen LogP contribution in [0.1, 0.15) is 23.2 Å². The zero-order chi connectivity index (χ0) is 14.7. The Labute approximate surface area is 125 Å². The fourth-order valence-electron chi connectivity index (χ4n) is 2.35. The zero-order valence-corrected chi connectivity index (χ0v) is 12.7. The molecule has 1 atom stereocenters. The van der Waals surface area contributed by atoms with Crippen molar-refractivity contribution in [2.45, 2.75) is 12.8 Å². The Kier molecular flexibility index (Phi) is 4.75. The number of nitrogens with zero attached hydrogens (tertiary/aromatic N) is 1. The molecular weight excluding hydrogens is 329 g/mol. The molecule has 1 aliphatic heterocycles. The van der Waals surface area contributed by atoms with Gasteiger partial charge in [-0.25, -0.2) is 4.39 Å². The van der Waals surface area contributed by atoms with Crippen LogP contribution in [0.4, 0.5) is 4.39 Å². The largest absolute Gasteiger partial charge is 0.469 e. The van der Waals surface area contributed by atoms with Gasteiger partial charge in [-0.05, 0) is 31.0 Å². The van der Waals surface area contributed by atoms with Crippen molar-refractivity contribution in [1.29, 1.82) is 0 Å². The number of hydrogen-bond acceptors (Lipinski definition) is 3. The topological polar surface area (TPSA) is 46.6 Å². The minimum Gasteiger partial charge on any atom is -0.469 e. The van der Waals surface area contributed by atoms with E-state index < -0.39 is 5.82 Å². The van der Waals surface area contributed by atoms with E-state index in [0.29, 0.717) is 23.9 Å². The molecule has 1 aromatic carbocycles. The maximum Gasteiger partial charge on any atom is 0.310 e. The SMILES string of the molecule is COC(=O)C1CCCN(C(=O)c2ccc(Br)cc2F)C1. The Morgan fingerprint density at radius 2 is 2.20 bits per heavy atom. The van der Waals surface area contributed by atoms with Gasteiger partial charge in [0.05, 0.1) is 18.6 Å². The first-order valence-electron chi connectivity index (χ1n) is 6.35. The van der Waals surface area contributed by atoms with Crippen molar-refractivity contribution in [1.82, 2.24) is 4.90 Å². The number of amides is 1. The Morgan fingerprint density at radius 1 is 1.45 bits per heavy atom. The molecule has 1 fully saturated rings. The molecule has 1 heterocycles. The second-order valence-electron chi connectivity index (χ2n) is 4.74. The van der Waals surface area contributed by atoms with Crippen LogP contribution in [0.5, 0.6) is 0 Å². The van der Waals surface area contributed by atoms with Crippen molar-refractivity contribution in [2.24, 2.45) is 5.92 Å². The molecule has 1 aliphatic rings. The van der Waals surface area contributed by atoms with Crippen molar-refractivity contribution in [3.8, 4) is 0 Å². The minimum absolute atomic E-state index is 0.0266. The first kappa shape index (κ1) is 15.0. The van der Waals surface area contributed by atoms with Crippen LogP contribution in [0.25, 0.3) is 0 Å². The lowest BCUT2D eigenvalue weighted by atomic mass is 9.97. The van der Waals surface area contributed by atoms with Gasteiger partial charge < -0.3 is 9.64 Å². The van der Waals surface area contributed by atoms with Gasteiger partial charge in [-0.2, -0.15) is 0 Å². The number of halogens is 2. The summed E-state index contributed by atoms with van der Waals surface area (Å²) in [4.78, 5) is 25.4. The molecular formula is C14H15BrFNO3. The summed E-state index contributed by atoms with van der Waals surface area (Å²) in [6.07, 6.45) is 1.41. The number of hydrogen-bond donors (Lipinski definition) is 0. The molecule has 0 N–H and O–H groups in total. The highest BCUT2D eigenvalue weighted by molar-refractivity contribution is 9.10. The van der Waals surface area contributed by atoms with Crippen LogP contribution < -0.4 is 0 Å². The fourth-order valence-corrected chi connectivity index (χ4v) is 2.69. The predicted octanol–water partition coefficient (Wildman–Crippen LogP) is 2.61. The van der Waals surface area contributed by atoms with Crippen molar-refractivity contribution in [2.75, 3.05) is 20.2 Å². The molecule has 1 aromatic rings. The van der Waals surface area contributed by atoms with Crippen molar-refractivity contribution < 1.29 is 18.7 Å². The Hall–Kier alpha value is -1.43. The number of ether oxygens (including phenoxy) is 1. The lowest BCUT2D eigenvalue weighted by molar-refractivity contribution is -0.146. The fraction of sp³-hybridized carbons (Fsp3) is 0.429. The Bertz CT molecular complexity index is 535. The lowest BCUT2D eigenvalue weighted by Gasteiger charge is -2.31. The highest BCUT2D eigenvalue weighted by atomic mass is 79.9. The first-order chi connectivity index (χ1) is 9.52. The summed E-state index contributed by atoms with van der Waals surface area (Å²) in [7, 11) is 1.33. The highest BCUT2D eigenvalue weighted by Gasteiger charge is 2.30. The molecule has 0 aromatic heterocycles. The molecule has 0 saturated carbocycles. The maximum absolute atomic E-state index is 13.8. The van der Waals surface area contributed by atoms with Gasteiger partial charge in [-0.1, -0.05) is 15.9 Å². The molecule has 108 valence electrons. The van der Waals surface area contributed by atoms with E-state index in [1.54, 1.807) is 6.07 Å². The monoisotopic (exact) mass is 343 g/mol. The van der Waals surface area contributed by atoms with E-state index in [-0.39, 0.29) is 29.9 Å². The smallest absolute Gasteiger partial charge is 0.310 e. The van der Waals surface area contributed by atoms with Gasteiger partial charge in [0.2, 0.25) is 0 Å². The van der Waals surface area contributed by atoms with Crippen LogP contribution in [0.3, 0.4) is 0 Å². The summed E-state index contributed by atoms with van der Waals surface area (Å²) < 4.78 is 19.1. The lowest BCUT2D eigenvalue weighted by Crippen LogP contribution is -2.42. The van der Waals surface area contributed by atoms with E-state index in [2.05, 4.69) is 15.9 Å². The van der Waals surface area contributed by atoms with Crippen LogP contribution in [0.2, 0.25) is 0 Å². The minimum atomic E-state index is -0.565. The normalized spacial score (nSPS) is 18.8. The number of benzene rings is 1. The van der Waals surface area contributed by atoms with Gasteiger partial charge >= 0.3 is 5.97 Å². The van der Waals surface area contributed by atoms with Gasteiger partial charge in [0.25, 0.3) is 5.91 Å². The third-order valence-corrected chi connectivity index (χ3v) is 3.90. The second kappa shape index (κ2) is 6.35. The third-order valence-electron chi connectivity index (χ3n) is 3.40. The molecule has 6 heteroatoms. The summed E-state index contributed by atoms with van der Waals surface area (Å²) in [5, 5.41) is 0. The molecule has 4 nitrogen and oxygen atoms in total. The van der Waals surface area contributed by atoms with Crippen LogP contribution in [0, 0.1) is 11.7 Å². The second-order valence-corrected chi connectivity index (χ2v) is 5.65. The summed E-state index contributed by atoms with van der Waals surface area (Å²) in [5.41, 5.74) is 0.0266. The number of carbonyl (C=O) groups is 2. The van der Waals surface area contributed by atoms with E-state index in [9.17, 15) is 14.0 Å². The standard InChI is InChI=1S/C14H15BrFNO3/c1-20-14(19)9-3-2-6-17(8-9)13(18)11-5-4-10(15)7-12(11)16/h4-5,7,9H,2-3,6,8H2,1H3. The average Bonchev–Trinajstić information content (AvgIpc) is 2.46. The molecule has 0 radical (unpaired) electrons. The van der Waals surface area contributed by atoms with Crippen molar-refractivity contribution in [3.63, 3.8) is 0 Å². The summed E-state index contributed by atoms with van der Waals surface area (Å²) in [5.74, 6) is -1.59. The van der Waals surface area contributed by atoms with Gasteiger partial charge in [0.15, 0.2) is 0 Å². The Morgan fingerprint density at radius 3 is 2.85 bits per heavy atom. The number of esters is 1. The first-order valence-corrected chi connectivity index (χ1v) is 7.14. The van der Waals surface area contributed by atoms with Crippen LogP contribution >= 0.6 is 15.9 Å². The number of piperidine rings is 1. The zero-order valence-electron chi connectivity index (χ0n) is 11.1. The van der Waals surface area contributed by atoms with E-state index in [1.165, 1.54) is 24.1 Å². The molecule has 0 aliphatic carbocycles. The molecule has 1 amide bonds. The average molecular weight is 344 g/mol. The highest BCUT2D eigenvalue weighted by Crippen LogP contribution is 2.22. The molecule has 1 unspecified atom stereocenters.